The minimum absolute atomic E-state index is 0.108. The molecule has 2 aromatic carbocycles. The Kier molecular flexibility index (Phi) is 6.22. The molecular weight excluding hydrogens is 372 g/mol. The van der Waals surface area contributed by atoms with Crippen molar-refractivity contribution in [3.8, 4) is 17.2 Å². The van der Waals surface area contributed by atoms with Crippen LogP contribution < -0.4 is 14.9 Å². The standard InChI is InChI=1S/C23H24O6/c1-5-16(4)28-22(24)13-26-17-8-9-18-20(11-17)27-12-21(23(18)25)29-19-10-14(2)6-7-15(19)3/h6-12,16H,5,13H2,1-4H3/t16-/m0/s1. The molecule has 0 radical (unpaired) electrons. The van der Waals surface area contributed by atoms with Gasteiger partial charge >= 0.3 is 5.97 Å². The van der Waals surface area contributed by atoms with Gasteiger partial charge in [-0.2, -0.15) is 0 Å². The van der Waals surface area contributed by atoms with Gasteiger partial charge in [-0.15, -0.1) is 0 Å². The van der Waals surface area contributed by atoms with Gasteiger partial charge in [0, 0.05) is 6.07 Å². The summed E-state index contributed by atoms with van der Waals surface area (Å²) in [6, 6.07) is 10.5. The van der Waals surface area contributed by atoms with Crippen LogP contribution in [0.1, 0.15) is 31.4 Å². The lowest BCUT2D eigenvalue weighted by atomic mass is 10.1. The summed E-state index contributed by atoms with van der Waals surface area (Å²) < 4.78 is 22.0. The Morgan fingerprint density at radius 1 is 1.10 bits per heavy atom. The average Bonchev–Trinajstić information content (AvgIpc) is 2.71. The molecule has 0 aliphatic heterocycles. The van der Waals surface area contributed by atoms with E-state index >= 15 is 0 Å². The molecule has 0 saturated heterocycles. The minimum Gasteiger partial charge on any atom is -0.482 e. The smallest absolute Gasteiger partial charge is 0.344 e. The van der Waals surface area contributed by atoms with Crippen molar-refractivity contribution in [3.05, 3.63) is 64.0 Å². The van der Waals surface area contributed by atoms with Gasteiger partial charge in [0.15, 0.2) is 6.61 Å². The van der Waals surface area contributed by atoms with Crippen molar-refractivity contribution in [2.45, 2.75) is 40.2 Å². The molecule has 0 fully saturated rings. The molecule has 1 atom stereocenters. The number of benzene rings is 2. The molecule has 0 aliphatic carbocycles. The van der Waals surface area contributed by atoms with Crippen LogP contribution in [0.3, 0.4) is 0 Å². The Labute approximate surface area is 169 Å². The largest absolute Gasteiger partial charge is 0.482 e. The van der Waals surface area contributed by atoms with Crippen LogP contribution in [0.2, 0.25) is 0 Å². The minimum atomic E-state index is -0.446. The van der Waals surface area contributed by atoms with Crippen molar-refractivity contribution in [1.29, 1.82) is 0 Å². The second-order valence-corrected chi connectivity index (χ2v) is 6.96. The van der Waals surface area contributed by atoms with E-state index < -0.39 is 5.97 Å². The molecule has 1 aromatic heterocycles. The number of aryl methyl sites for hydroxylation is 2. The number of ether oxygens (including phenoxy) is 3. The van der Waals surface area contributed by atoms with Crippen LogP contribution in [0.15, 0.2) is 51.9 Å². The van der Waals surface area contributed by atoms with Crippen molar-refractivity contribution in [2.75, 3.05) is 6.61 Å². The first-order valence-electron chi connectivity index (χ1n) is 9.50. The first kappa shape index (κ1) is 20.5. The molecule has 0 aliphatic rings. The summed E-state index contributed by atoms with van der Waals surface area (Å²) in [4.78, 5) is 24.5. The highest BCUT2D eigenvalue weighted by Gasteiger charge is 2.13. The zero-order valence-corrected chi connectivity index (χ0v) is 17.0. The van der Waals surface area contributed by atoms with E-state index in [1.165, 1.54) is 6.26 Å². The van der Waals surface area contributed by atoms with Gasteiger partial charge in [-0.25, -0.2) is 4.79 Å². The van der Waals surface area contributed by atoms with Crippen LogP contribution in [-0.2, 0) is 9.53 Å². The summed E-state index contributed by atoms with van der Waals surface area (Å²) in [5.74, 6) is 0.677. The van der Waals surface area contributed by atoms with Gasteiger partial charge in [0.25, 0.3) is 0 Å². The van der Waals surface area contributed by atoms with E-state index in [0.29, 0.717) is 22.5 Å². The Bertz CT molecular complexity index is 1080. The van der Waals surface area contributed by atoms with Gasteiger partial charge in [0.05, 0.1) is 11.5 Å². The molecule has 152 valence electrons. The van der Waals surface area contributed by atoms with E-state index in [1.807, 2.05) is 45.9 Å². The zero-order chi connectivity index (χ0) is 21.0. The van der Waals surface area contributed by atoms with Gasteiger partial charge in [0.1, 0.15) is 23.3 Å². The monoisotopic (exact) mass is 396 g/mol. The quantitative estimate of drug-likeness (QED) is 0.528. The number of fused-ring (bicyclic) bond motifs is 1. The van der Waals surface area contributed by atoms with Crippen molar-refractivity contribution < 1.29 is 23.4 Å². The Morgan fingerprint density at radius 2 is 1.90 bits per heavy atom. The number of carbonyl (C=O) groups excluding carboxylic acids is 1. The molecule has 0 N–H and O–H groups in total. The highest BCUT2D eigenvalue weighted by molar-refractivity contribution is 5.79. The molecule has 0 unspecified atom stereocenters. The van der Waals surface area contributed by atoms with E-state index in [-0.39, 0.29) is 23.9 Å². The lowest BCUT2D eigenvalue weighted by Crippen LogP contribution is -2.20. The lowest BCUT2D eigenvalue weighted by molar-refractivity contribution is -0.150. The normalized spacial score (nSPS) is 11.9. The molecule has 6 nitrogen and oxygen atoms in total. The number of esters is 1. The number of rotatable bonds is 7. The number of hydrogen-bond donors (Lipinski definition) is 0. The lowest BCUT2D eigenvalue weighted by Gasteiger charge is -2.12. The van der Waals surface area contributed by atoms with Crippen molar-refractivity contribution in [3.63, 3.8) is 0 Å². The number of hydrogen-bond acceptors (Lipinski definition) is 6. The van der Waals surface area contributed by atoms with Crippen LogP contribution >= 0.6 is 0 Å². The van der Waals surface area contributed by atoms with E-state index in [9.17, 15) is 9.59 Å². The first-order valence-corrected chi connectivity index (χ1v) is 9.50. The van der Waals surface area contributed by atoms with E-state index in [4.69, 9.17) is 18.6 Å². The molecular formula is C23H24O6. The maximum atomic E-state index is 12.8. The van der Waals surface area contributed by atoms with Gasteiger partial charge in [-0.05, 0) is 56.5 Å². The summed E-state index contributed by atoms with van der Waals surface area (Å²) in [6.45, 7) is 7.40. The third kappa shape index (κ3) is 4.96. The zero-order valence-electron chi connectivity index (χ0n) is 17.0. The molecule has 0 amide bonds. The van der Waals surface area contributed by atoms with Crippen LogP contribution in [0, 0.1) is 13.8 Å². The highest BCUT2D eigenvalue weighted by atomic mass is 16.6. The van der Waals surface area contributed by atoms with Gasteiger partial charge in [-0.3, -0.25) is 4.79 Å². The SMILES string of the molecule is CC[C@H](C)OC(=O)COc1ccc2c(=O)c(Oc3cc(C)ccc3C)coc2c1. The van der Waals surface area contributed by atoms with Gasteiger partial charge < -0.3 is 18.6 Å². The van der Waals surface area contributed by atoms with E-state index in [0.717, 1.165) is 17.5 Å². The third-order valence-electron chi connectivity index (χ3n) is 4.54. The van der Waals surface area contributed by atoms with E-state index in [1.54, 1.807) is 18.2 Å². The van der Waals surface area contributed by atoms with Crippen LogP contribution in [0.4, 0.5) is 0 Å². The van der Waals surface area contributed by atoms with E-state index in [2.05, 4.69) is 0 Å². The first-order chi connectivity index (χ1) is 13.9. The molecule has 0 spiro atoms. The fourth-order valence-corrected chi connectivity index (χ4v) is 2.67. The highest BCUT2D eigenvalue weighted by Crippen LogP contribution is 2.26. The molecule has 29 heavy (non-hydrogen) atoms. The molecule has 0 bridgehead atoms. The van der Waals surface area contributed by atoms with Crippen molar-refractivity contribution >= 4 is 16.9 Å². The summed E-state index contributed by atoms with van der Waals surface area (Å²) in [7, 11) is 0. The topological polar surface area (TPSA) is 75.0 Å². The Balaban J connectivity index is 1.78. The Hall–Kier alpha value is -3.28. The fraction of sp³-hybridized carbons (Fsp3) is 0.304. The molecule has 3 rings (SSSR count). The summed E-state index contributed by atoms with van der Waals surface area (Å²) in [5, 5.41) is 0.363. The van der Waals surface area contributed by atoms with Gasteiger partial charge in [-0.1, -0.05) is 19.1 Å². The maximum Gasteiger partial charge on any atom is 0.344 e. The molecule has 6 heteroatoms. The van der Waals surface area contributed by atoms with Gasteiger partial charge in [0.2, 0.25) is 11.2 Å². The maximum absolute atomic E-state index is 12.8. The second kappa shape index (κ2) is 8.82. The number of carbonyl (C=O) groups is 1. The third-order valence-corrected chi connectivity index (χ3v) is 4.54. The van der Waals surface area contributed by atoms with Crippen LogP contribution in [0.25, 0.3) is 11.0 Å². The molecule has 3 aromatic rings. The van der Waals surface area contributed by atoms with Crippen molar-refractivity contribution in [1.82, 2.24) is 0 Å². The summed E-state index contributed by atoms with van der Waals surface area (Å²) in [5.41, 5.74) is 2.01. The predicted molar refractivity (Wildman–Crippen MR) is 110 cm³/mol. The average molecular weight is 396 g/mol. The predicted octanol–water partition coefficient (Wildman–Crippen LogP) is 4.92. The van der Waals surface area contributed by atoms with Crippen LogP contribution in [-0.4, -0.2) is 18.7 Å². The summed E-state index contributed by atoms with van der Waals surface area (Å²) >= 11 is 0. The molecule has 1 heterocycles. The Morgan fingerprint density at radius 3 is 2.66 bits per heavy atom. The second-order valence-electron chi connectivity index (χ2n) is 6.96. The summed E-state index contributed by atoms with van der Waals surface area (Å²) in [6.07, 6.45) is 1.86. The van der Waals surface area contributed by atoms with Crippen LogP contribution in [0.5, 0.6) is 17.2 Å². The molecule has 0 saturated carbocycles. The van der Waals surface area contributed by atoms with Crippen molar-refractivity contribution in [2.24, 2.45) is 0 Å². The fourth-order valence-electron chi connectivity index (χ4n) is 2.67.